The number of hydrogen-bond acceptors (Lipinski definition) is 3. The van der Waals surface area contributed by atoms with Gasteiger partial charge < -0.3 is 10.1 Å². The van der Waals surface area contributed by atoms with Gasteiger partial charge in [-0.2, -0.15) is 0 Å². The van der Waals surface area contributed by atoms with Crippen molar-refractivity contribution >= 4 is 21.9 Å². The van der Waals surface area contributed by atoms with Gasteiger partial charge in [0, 0.05) is 10.9 Å². The van der Waals surface area contributed by atoms with Gasteiger partial charge in [0.15, 0.2) is 0 Å². The number of hydrogen-bond donors (Lipinski definition) is 1. The molecule has 1 aromatic carbocycles. The van der Waals surface area contributed by atoms with Crippen LogP contribution in [0.2, 0.25) is 0 Å². The first-order valence-electron chi connectivity index (χ1n) is 6.61. The molecule has 0 heterocycles. The first-order chi connectivity index (χ1) is 9.03. The summed E-state index contributed by atoms with van der Waals surface area (Å²) in [5.74, 6) is 0.532. The van der Waals surface area contributed by atoms with Gasteiger partial charge in [-0.05, 0) is 49.9 Å². The van der Waals surface area contributed by atoms with Gasteiger partial charge in [0.25, 0.3) is 0 Å². The number of ether oxygens (including phenoxy) is 1. The van der Waals surface area contributed by atoms with E-state index in [4.69, 9.17) is 4.74 Å². The molecule has 3 nitrogen and oxygen atoms in total. The molecule has 0 amide bonds. The van der Waals surface area contributed by atoms with Gasteiger partial charge in [-0.15, -0.1) is 0 Å². The zero-order valence-corrected chi connectivity index (χ0v) is 13.0. The minimum Gasteiger partial charge on any atom is -0.468 e. The quantitative estimate of drug-likeness (QED) is 0.817. The molecule has 104 valence electrons. The van der Waals surface area contributed by atoms with Crippen molar-refractivity contribution in [3.63, 3.8) is 0 Å². The lowest BCUT2D eigenvalue weighted by Crippen LogP contribution is -2.52. The van der Waals surface area contributed by atoms with Crippen molar-refractivity contribution < 1.29 is 9.53 Å². The Kier molecular flexibility index (Phi) is 4.63. The summed E-state index contributed by atoms with van der Waals surface area (Å²) in [6.07, 6.45) is 3.17. The molecular formula is C15H20BrNO2. The monoisotopic (exact) mass is 325 g/mol. The van der Waals surface area contributed by atoms with E-state index in [9.17, 15) is 4.79 Å². The van der Waals surface area contributed by atoms with Crippen LogP contribution >= 0.6 is 15.9 Å². The molecule has 0 saturated heterocycles. The minimum absolute atomic E-state index is 0.198. The molecule has 1 fully saturated rings. The fourth-order valence-electron chi connectivity index (χ4n) is 2.13. The fourth-order valence-corrected chi connectivity index (χ4v) is 2.40. The van der Waals surface area contributed by atoms with E-state index in [1.165, 1.54) is 20.0 Å². The molecule has 1 aliphatic rings. The maximum Gasteiger partial charge on any atom is 0.326 e. The molecule has 2 rings (SSSR count). The van der Waals surface area contributed by atoms with Gasteiger partial charge >= 0.3 is 5.97 Å². The Morgan fingerprint density at radius 3 is 2.58 bits per heavy atom. The Bertz CT molecular complexity index is 442. The van der Waals surface area contributed by atoms with Crippen LogP contribution in [0, 0.1) is 5.92 Å². The second kappa shape index (κ2) is 6.06. The van der Waals surface area contributed by atoms with Gasteiger partial charge in [0.05, 0.1) is 7.11 Å². The molecule has 1 N–H and O–H groups in total. The molecular weight excluding hydrogens is 306 g/mol. The second-order valence-corrected chi connectivity index (χ2v) is 6.37. The SMILES string of the molecule is COC(=O)C(C)(Cc1ccc(Br)cc1)NCC1CC1. The second-order valence-electron chi connectivity index (χ2n) is 5.45. The molecule has 0 radical (unpaired) electrons. The van der Waals surface area contributed by atoms with Gasteiger partial charge in [0.1, 0.15) is 5.54 Å². The summed E-state index contributed by atoms with van der Waals surface area (Å²) in [5, 5.41) is 3.39. The van der Waals surface area contributed by atoms with Crippen LogP contribution in [0.15, 0.2) is 28.7 Å². The van der Waals surface area contributed by atoms with E-state index >= 15 is 0 Å². The highest BCUT2D eigenvalue weighted by molar-refractivity contribution is 9.10. The number of carbonyl (C=O) groups is 1. The number of rotatable bonds is 6. The highest BCUT2D eigenvalue weighted by Gasteiger charge is 2.36. The third kappa shape index (κ3) is 4.05. The topological polar surface area (TPSA) is 38.3 Å². The largest absolute Gasteiger partial charge is 0.468 e. The van der Waals surface area contributed by atoms with E-state index in [-0.39, 0.29) is 5.97 Å². The molecule has 1 unspecified atom stereocenters. The molecule has 1 aliphatic carbocycles. The molecule has 4 heteroatoms. The van der Waals surface area contributed by atoms with Crippen molar-refractivity contribution in [1.29, 1.82) is 0 Å². The molecule has 0 spiro atoms. The Hall–Kier alpha value is -0.870. The number of methoxy groups -OCH3 is 1. The van der Waals surface area contributed by atoms with Crippen molar-refractivity contribution in [1.82, 2.24) is 5.32 Å². The number of esters is 1. The summed E-state index contributed by atoms with van der Waals surface area (Å²) in [6, 6.07) is 8.05. The maximum absolute atomic E-state index is 12.0. The lowest BCUT2D eigenvalue weighted by Gasteiger charge is -2.28. The lowest BCUT2D eigenvalue weighted by molar-refractivity contribution is -0.147. The summed E-state index contributed by atoms with van der Waals surface area (Å²) < 4.78 is 6.00. The summed E-state index contributed by atoms with van der Waals surface area (Å²) in [7, 11) is 1.45. The van der Waals surface area contributed by atoms with Gasteiger partial charge in [0.2, 0.25) is 0 Å². The summed E-state index contributed by atoms with van der Waals surface area (Å²) in [6.45, 7) is 2.81. The Balaban J connectivity index is 2.06. The maximum atomic E-state index is 12.0. The first-order valence-corrected chi connectivity index (χ1v) is 7.41. The average molecular weight is 326 g/mol. The van der Waals surface area contributed by atoms with Crippen molar-refractivity contribution in [2.45, 2.75) is 31.7 Å². The van der Waals surface area contributed by atoms with Crippen LogP contribution < -0.4 is 5.32 Å². The predicted molar refractivity (Wildman–Crippen MR) is 79.0 cm³/mol. The molecule has 1 saturated carbocycles. The van der Waals surface area contributed by atoms with Crippen molar-refractivity contribution in [3.05, 3.63) is 34.3 Å². The number of nitrogens with one attached hydrogen (secondary N) is 1. The number of benzene rings is 1. The third-order valence-corrected chi connectivity index (χ3v) is 4.11. The highest BCUT2D eigenvalue weighted by Crippen LogP contribution is 2.29. The van der Waals surface area contributed by atoms with E-state index in [1.807, 2.05) is 31.2 Å². The minimum atomic E-state index is -0.648. The standard InChI is InChI=1S/C15H20BrNO2/c1-15(14(18)19-2,17-10-12-3-4-12)9-11-5-7-13(16)8-6-11/h5-8,12,17H,3-4,9-10H2,1-2H3. The van der Waals surface area contributed by atoms with Crippen LogP contribution in [-0.2, 0) is 16.0 Å². The van der Waals surface area contributed by atoms with Crippen molar-refractivity contribution in [3.8, 4) is 0 Å². The molecule has 0 aromatic heterocycles. The molecule has 0 aliphatic heterocycles. The summed E-state index contributed by atoms with van der Waals surface area (Å²) >= 11 is 3.42. The third-order valence-electron chi connectivity index (χ3n) is 3.58. The van der Waals surface area contributed by atoms with Crippen molar-refractivity contribution in [2.75, 3.05) is 13.7 Å². The zero-order valence-electron chi connectivity index (χ0n) is 11.4. The van der Waals surface area contributed by atoms with E-state index in [0.29, 0.717) is 6.42 Å². The lowest BCUT2D eigenvalue weighted by atomic mass is 9.92. The first kappa shape index (κ1) is 14.5. The highest BCUT2D eigenvalue weighted by atomic mass is 79.9. The molecule has 1 aromatic rings. The van der Waals surface area contributed by atoms with Crippen LogP contribution in [0.5, 0.6) is 0 Å². The van der Waals surface area contributed by atoms with Crippen LogP contribution in [0.4, 0.5) is 0 Å². The summed E-state index contributed by atoms with van der Waals surface area (Å²) in [4.78, 5) is 12.0. The Morgan fingerprint density at radius 2 is 2.05 bits per heavy atom. The van der Waals surface area contributed by atoms with E-state index in [0.717, 1.165) is 22.5 Å². The number of halogens is 1. The van der Waals surface area contributed by atoms with E-state index < -0.39 is 5.54 Å². The van der Waals surface area contributed by atoms with Gasteiger partial charge in [-0.25, -0.2) is 0 Å². The molecule has 19 heavy (non-hydrogen) atoms. The predicted octanol–water partition coefficient (Wildman–Crippen LogP) is 2.92. The van der Waals surface area contributed by atoms with E-state index in [1.54, 1.807) is 0 Å². The Morgan fingerprint density at radius 1 is 1.42 bits per heavy atom. The zero-order chi connectivity index (χ0) is 13.9. The normalized spacial score (nSPS) is 17.8. The van der Waals surface area contributed by atoms with Gasteiger partial charge in [-0.1, -0.05) is 28.1 Å². The number of carbonyl (C=O) groups excluding carboxylic acids is 1. The van der Waals surface area contributed by atoms with Crippen LogP contribution in [0.3, 0.4) is 0 Å². The Labute approximate surface area is 122 Å². The van der Waals surface area contributed by atoms with Crippen molar-refractivity contribution in [2.24, 2.45) is 5.92 Å². The van der Waals surface area contributed by atoms with Gasteiger partial charge in [-0.3, -0.25) is 4.79 Å². The van der Waals surface area contributed by atoms with Crippen LogP contribution in [0.1, 0.15) is 25.3 Å². The summed E-state index contributed by atoms with van der Waals surface area (Å²) in [5.41, 5.74) is 0.477. The van der Waals surface area contributed by atoms with E-state index in [2.05, 4.69) is 21.2 Å². The molecule has 0 bridgehead atoms. The average Bonchev–Trinajstić information content (AvgIpc) is 3.22. The van der Waals surface area contributed by atoms with Crippen LogP contribution in [0.25, 0.3) is 0 Å². The molecule has 1 atom stereocenters. The van der Waals surface area contributed by atoms with Crippen LogP contribution in [-0.4, -0.2) is 25.2 Å². The smallest absolute Gasteiger partial charge is 0.326 e. The fraction of sp³-hybridized carbons (Fsp3) is 0.533.